The van der Waals surface area contributed by atoms with Gasteiger partial charge in [0.05, 0.1) is 19.8 Å². The average Bonchev–Trinajstić information content (AvgIpc) is 2.63. The summed E-state index contributed by atoms with van der Waals surface area (Å²) in [5.74, 6) is 0.513. The van der Waals surface area contributed by atoms with Crippen LogP contribution >= 0.6 is 0 Å². The third-order valence-electron chi connectivity index (χ3n) is 3.61. The van der Waals surface area contributed by atoms with Crippen molar-refractivity contribution in [3.8, 4) is 5.88 Å². The molecule has 0 aliphatic rings. The molecule has 2 amide bonds. The molecule has 0 fully saturated rings. The minimum Gasteiger partial charge on any atom is -0.481 e. The number of methoxy groups -OCH3 is 1. The highest BCUT2D eigenvalue weighted by atomic mass is 16.5. The van der Waals surface area contributed by atoms with Gasteiger partial charge in [0.25, 0.3) is 0 Å². The summed E-state index contributed by atoms with van der Waals surface area (Å²) in [6, 6.07) is 11.4. The van der Waals surface area contributed by atoms with Crippen LogP contribution in [-0.2, 0) is 24.4 Å². The SMILES string of the molecule is COc1ncccc1CNC(=O)NCc1ccccc1COC(C)C. The number of hydrogen-bond acceptors (Lipinski definition) is 4. The number of pyridine rings is 1. The van der Waals surface area contributed by atoms with E-state index >= 15 is 0 Å². The summed E-state index contributed by atoms with van der Waals surface area (Å²) >= 11 is 0. The predicted molar refractivity (Wildman–Crippen MR) is 96.2 cm³/mol. The maximum absolute atomic E-state index is 12.1. The molecule has 6 nitrogen and oxygen atoms in total. The number of nitrogens with one attached hydrogen (secondary N) is 2. The molecule has 0 saturated carbocycles. The molecular weight excluding hydrogens is 318 g/mol. The fourth-order valence-corrected chi connectivity index (χ4v) is 2.28. The Labute approximate surface area is 148 Å². The van der Waals surface area contributed by atoms with Gasteiger partial charge >= 0.3 is 6.03 Å². The van der Waals surface area contributed by atoms with Gasteiger partial charge in [-0.25, -0.2) is 9.78 Å². The molecule has 0 saturated heterocycles. The van der Waals surface area contributed by atoms with Gasteiger partial charge in [0, 0.05) is 24.8 Å². The molecule has 0 unspecified atom stereocenters. The summed E-state index contributed by atoms with van der Waals surface area (Å²) in [5.41, 5.74) is 2.94. The molecule has 1 aromatic carbocycles. The Hall–Kier alpha value is -2.60. The Balaban J connectivity index is 1.86. The van der Waals surface area contributed by atoms with Crippen molar-refractivity contribution in [3.63, 3.8) is 0 Å². The number of rotatable bonds is 8. The van der Waals surface area contributed by atoms with Crippen LogP contribution in [0.5, 0.6) is 5.88 Å². The Morgan fingerprint density at radius 1 is 1.04 bits per heavy atom. The summed E-state index contributed by atoms with van der Waals surface area (Å²) in [6.45, 7) is 5.32. The molecule has 0 spiro atoms. The standard InChI is InChI=1S/C19H25N3O3/c1-14(2)25-13-17-8-5-4-7-15(17)11-21-19(23)22-12-16-9-6-10-20-18(16)24-3/h4-10,14H,11-13H2,1-3H3,(H2,21,22,23). The first-order valence-corrected chi connectivity index (χ1v) is 8.28. The number of carbonyl (C=O) groups excluding carboxylic acids is 1. The number of hydrogen-bond donors (Lipinski definition) is 2. The van der Waals surface area contributed by atoms with Gasteiger partial charge in [-0.2, -0.15) is 0 Å². The van der Waals surface area contributed by atoms with Gasteiger partial charge in [0.15, 0.2) is 0 Å². The normalized spacial score (nSPS) is 10.6. The van der Waals surface area contributed by atoms with Gasteiger partial charge in [-0.15, -0.1) is 0 Å². The van der Waals surface area contributed by atoms with Gasteiger partial charge in [-0.1, -0.05) is 30.3 Å². The Morgan fingerprint density at radius 3 is 2.36 bits per heavy atom. The monoisotopic (exact) mass is 343 g/mol. The van der Waals surface area contributed by atoms with Crippen molar-refractivity contribution in [1.29, 1.82) is 0 Å². The van der Waals surface area contributed by atoms with E-state index in [1.807, 2.05) is 50.2 Å². The summed E-state index contributed by atoms with van der Waals surface area (Å²) in [4.78, 5) is 16.2. The molecular formula is C19H25N3O3. The molecule has 0 aliphatic heterocycles. The minimum atomic E-state index is -0.245. The molecule has 2 aromatic rings. The Kier molecular flexibility index (Phi) is 7.22. The zero-order valence-electron chi connectivity index (χ0n) is 14.9. The van der Waals surface area contributed by atoms with E-state index in [1.54, 1.807) is 13.3 Å². The topological polar surface area (TPSA) is 72.5 Å². The zero-order valence-corrected chi connectivity index (χ0v) is 14.9. The summed E-state index contributed by atoms with van der Waals surface area (Å²) in [6.07, 6.45) is 1.82. The summed E-state index contributed by atoms with van der Waals surface area (Å²) in [7, 11) is 1.56. The summed E-state index contributed by atoms with van der Waals surface area (Å²) < 4.78 is 10.8. The second-order valence-corrected chi connectivity index (χ2v) is 5.84. The minimum absolute atomic E-state index is 0.166. The molecule has 0 radical (unpaired) electrons. The molecule has 0 aliphatic carbocycles. The van der Waals surface area contributed by atoms with E-state index in [0.717, 1.165) is 16.7 Å². The van der Waals surface area contributed by atoms with E-state index < -0.39 is 0 Å². The fourth-order valence-electron chi connectivity index (χ4n) is 2.28. The second kappa shape index (κ2) is 9.64. The number of nitrogens with zero attached hydrogens (tertiary/aromatic N) is 1. The molecule has 25 heavy (non-hydrogen) atoms. The average molecular weight is 343 g/mol. The van der Waals surface area contributed by atoms with E-state index in [4.69, 9.17) is 9.47 Å². The van der Waals surface area contributed by atoms with Crippen LogP contribution in [-0.4, -0.2) is 24.2 Å². The smallest absolute Gasteiger partial charge is 0.315 e. The first-order chi connectivity index (χ1) is 12.1. The van der Waals surface area contributed by atoms with Crippen molar-refractivity contribution >= 4 is 6.03 Å². The van der Waals surface area contributed by atoms with Gasteiger partial charge in [-0.3, -0.25) is 0 Å². The van der Waals surface area contributed by atoms with Crippen LogP contribution in [0.3, 0.4) is 0 Å². The zero-order chi connectivity index (χ0) is 18.1. The van der Waals surface area contributed by atoms with E-state index in [9.17, 15) is 4.79 Å². The van der Waals surface area contributed by atoms with Crippen LogP contribution in [0.2, 0.25) is 0 Å². The predicted octanol–water partition coefficient (Wildman–Crippen LogP) is 3.01. The molecule has 134 valence electrons. The summed E-state index contributed by atoms with van der Waals surface area (Å²) in [5, 5.41) is 5.68. The molecule has 2 rings (SSSR count). The highest BCUT2D eigenvalue weighted by Gasteiger charge is 2.08. The van der Waals surface area contributed by atoms with Gasteiger partial charge in [-0.05, 0) is 31.0 Å². The lowest BCUT2D eigenvalue weighted by Crippen LogP contribution is -2.34. The van der Waals surface area contributed by atoms with Crippen LogP contribution < -0.4 is 15.4 Å². The van der Waals surface area contributed by atoms with E-state index in [-0.39, 0.29) is 12.1 Å². The highest BCUT2D eigenvalue weighted by molar-refractivity contribution is 5.73. The van der Waals surface area contributed by atoms with Crippen molar-refractivity contribution in [2.75, 3.05) is 7.11 Å². The van der Waals surface area contributed by atoms with Crippen LogP contribution in [0.1, 0.15) is 30.5 Å². The van der Waals surface area contributed by atoms with Crippen LogP contribution in [0, 0.1) is 0 Å². The van der Waals surface area contributed by atoms with E-state index in [0.29, 0.717) is 25.6 Å². The maximum Gasteiger partial charge on any atom is 0.315 e. The Morgan fingerprint density at radius 2 is 1.68 bits per heavy atom. The number of amides is 2. The quantitative estimate of drug-likeness (QED) is 0.773. The molecule has 6 heteroatoms. The largest absolute Gasteiger partial charge is 0.481 e. The van der Waals surface area contributed by atoms with Crippen molar-refractivity contribution < 1.29 is 14.3 Å². The van der Waals surface area contributed by atoms with Crippen LogP contribution in [0.4, 0.5) is 4.79 Å². The molecule has 0 bridgehead atoms. The molecule has 1 aromatic heterocycles. The molecule has 1 heterocycles. The lowest BCUT2D eigenvalue weighted by molar-refractivity contribution is 0.0652. The number of aromatic nitrogens is 1. The first kappa shape index (κ1) is 18.7. The second-order valence-electron chi connectivity index (χ2n) is 5.84. The highest BCUT2D eigenvalue weighted by Crippen LogP contribution is 2.13. The van der Waals surface area contributed by atoms with Crippen molar-refractivity contribution in [2.24, 2.45) is 0 Å². The number of ether oxygens (including phenoxy) is 2. The van der Waals surface area contributed by atoms with E-state index in [1.165, 1.54) is 0 Å². The van der Waals surface area contributed by atoms with Crippen LogP contribution in [0.15, 0.2) is 42.6 Å². The first-order valence-electron chi connectivity index (χ1n) is 8.28. The third kappa shape index (κ3) is 6.08. The van der Waals surface area contributed by atoms with Crippen molar-refractivity contribution in [1.82, 2.24) is 15.6 Å². The fraction of sp³-hybridized carbons (Fsp3) is 0.368. The lowest BCUT2D eigenvalue weighted by Gasteiger charge is -2.13. The van der Waals surface area contributed by atoms with Gasteiger partial charge in [0.2, 0.25) is 5.88 Å². The lowest BCUT2D eigenvalue weighted by atomic mass is 10.1. The van der Waals surface area contributed by atoms with Gasteiger partial charge in [0.1, 0.15) is 0 Å². The maximum atomic E-state index is 12.1. The Bertz CT molecular complexity index is 689. The third-order valence-corrected chi connectivity index (χ3v) is 3.61. The molecule has 0 atom stereocenters. The molecule has 2 N–H and O–H groups in total. The number of benzene rings is 1. The van der Waals surface area contributed by atoms with Crippen molar-refractivity contribution in [3.05, 3.63) is 59.3 Å². The van der Waals surface area contributed by atoms with Crippen LogP contribution in [0.25, 0.3) is 0 Å². The van der Waals surface area contributed by atoms with E-state index in [2.05, 4.69) is 15.6 Å². The number of urea groups is 1. The van der Waals surface area contributed by atoms with Gasteiger partial charge < -0.3 is 20.1 Å². The number of carbonyl (C=O) groups is 1. The van der Waals surface area contributed by atoms with Crippen molar-refractivity contribution in [2.45, 2.75) is 39.6 Å².